The Kier molecular flexibility index (Phi) is 3.59. The summed E-state index contributed by atoms with van der Waals surface area (Å²) < 4.78 is 5.48. The molecule has 0 aliphatic heterocycles. The van der Waals surface area contributed by atoms with Crippen molar-refractivity contribution in [2.45, 2.75) is 13.5 Å². The lowest BCUT2D eigenvalue weighted by Gasteiger charge is -2.04. The molecule has 0 saturated heterocycles. The molecule has 0 aliphatic rings. The first-order chi connectivity index (χ1) is 7.83. The highest BCUT2D eigenvalue weighted by Gasteiger charge is 2.03. The maximum Gasteiger partial charge on any atom is 0.119 e. The topological polar surface area (TPSA) is 35.2 Å². The van der Waals surface area contributed by atoms with Crippen LogP contribution < -0.4 is 10.5 Å². The van der Waals surface area contributed by atoms with Crippen LogP contribution in [0.4, 0.5) is 0 Å². The number of rotatable bonds is 4. The summed E-state index contributed by atoms with van der Waals surface area (Å²) in [6.45, 7) is 3.29. The van der Waals surface area contributed by atoms with Crippen molar-refractivity contribution in [2.24, 2.45) is 5.73 Å². The fourth-order valence-electron chi connectivity index (χ4n) is 1.55. The van der Waals surface area contributed by atoms with Crippen LogP contribution in [0.15, 0.2) is 36.4 Å². The van der Waals surface area contributed by atoms with E-state index in [1.165, 1.54) is 15.3 Å². The molecule has 1 heterocycles. The quantitative estimate of drug-likeness (QED) is 0.879. The zero-order valence-corrected chi connectivity index (χ0v) is 10.1. The zero-order chi connectivity index (χ0) is 11.4. The highest BCUT2D eigenvalue weighted by molar-refractivity contribution is 7.15. The van der Waals surface area contributed by atoms with Crippen LogP contribution in [0.2, 0.25) is 0 Å². The molecule has 0 spiro atoms. The summed E-state index contributed by atoms with van der Waals surface area (Å²) in [5.41, 5.74) is 6.79. The number of hydrogen-bond acceptors (Lipinski definition) is 3. The lowest BCUT2D eigenvalue weighted by molar-refractivity contribution is 0.340. The van der Waals surface area contributed by atoms with Crippen LogP contribution in [0, 0.1) is 0 Å². The van der Waals surface area contributed by atoms with E-state index >= 15 is 0 Å². The van der Waals surface area contributed by atoms with Gasteiger partial charge in [-0.05, 0) is 36.8 Å². The van der Waals surface area contributed by atoms with E-state index in [-0.39, 0.29) is 0 Å². The van der Waals surface area contributed by atoms with Crippen molar-refractivity contribution in [3.05, 3.63) is 41.3 Å². The second-order valence-corrected chi connectivity index (χ2v) is 4.60. The molecule has 0 radical (unpaired) electrons. The molecule has 1 aromatic heterocycles. The molecule has 2 N–H and O–H groups in total. The summed E-state index contributed by atoms with van der Waals surface area (Å²) >= 11 is 1.73. The summed E-state index contributed by atoms with van der Waals surface area (Å²) in [7, 11) is 0. The van der Waals surface area contributed by atoms with Crippen LogP contribution in [0.5, 0.6) is 5.75 Å². The van der Waals surface area contributed by atoms with Crippen LogP contribution >= 0.6 is 11.3 Å². The molecule has 1 aromatic carbocycles. The number of benzene rings is 1. The fraction of sp³-hybridized carbons (Fsp3) is 0.231. The van der Waals surface area contributed by atoms with Gasteiger partial charge in [-0.3, -0.25) is 0 Å². The molecule has 0 bridgehead atoms. The average Bonchev–Trinajstić information content (AvgIpc) is 2.78. The van der Waals surface area contributed by atoms with Gasteiger partial charge in [-0.1, -0.05) is 12.1 Å². The van der Waals surface area contributed by atoms with Crippen LogP contribution in [0.25, 0.3) is 10.4 Å². The molecule has 0 atom stereocenters. The average molecular weight is 233 g/mol. The Morgan fingerprint density at radius 1 is 1.25 bits per heavy atom. The van der Waals surface area contributed by atoms with Gasteiger partial charge in [0.25, 0.3) is 0 Å². The molecule has 2 nitrogen and oxygen atoms in total. The smallest absolute Gasteiger partial charge is 0.119 e. The monoisotopic (exact) mass is 233 g/mol. The largest absolute Gasteiger partial charge is 0.494 e. The Hall–Kier alpha value is -1.32. The number of ether oxygens (including phenoxy) is 1. The Balaban J connectivity index is 2.28. The lowest BCUT2D eigenvalue weighted by atomic mass is 10.2. The maximum atomic E-state index is 5.60. The van der Waals surface area contributed by atoms with Crippen molar-refractivity contribution in [2.75, 3.05) is 6.61 Å². The number of nitrogens with two attached hydrogens (primary N) is 1. The highest BCUT2D eigenvalue weighted by Crippen LogP contribution is 2.30. The van der Waals surface area contributed by atoms with Gasteiger partial charge < -0.3 is 10.5 Å². The van der Waals surface area contributed by atoms with Crippen LogP contribution in [-0.2, 0) is 6.54 Å². The first kappa shape index (κ1) is 11.2. The predicted octanol–water partition coefficient (Wildman–Crippen LogP) is 3.27. The Labute approximate surface area is 99.7 Å². The van der Waals surface area contributed by atoms with Crippen molar-refractivity contribution in [1.29, 1.82) is 0 Å². The van der Waals surface area contributed by atoms with E-state index in [2.05, 4.69) is 24.3 Å². The summed E-state index contributed by atoms with van der Waals surface area (Å²) in [6.07, 6.45) is 0. The van der Waals surface area contributed by atoms with Gasteiger partial charge in [0.1, 0.15) is 5.75 Å². The van der Waals surface area contributed by atoms with Gasteiger partial charge in [0.2, 0.25) is 0 Å². The third-order valence-corrected chi connectivity index (χ3v) is 3.45. The van der Waals surface area contributed by atoms with Crippen molar-refractivity contribution in [1.82, 2.24) is 0 Å². The molecule has 2 aromatic rings. The van der Waals surface area contributed by atoms with Gasteiger partial charge in [0.15, 0.2) is 0 Å². The van der Waals surface area contributed by atoms with Gasteiger partial charge in [-0.15, -0.1) is 11.3 Å². The Morgan fingerprint density at radius 2 is 2.12 bits per heavy atom. The first-order valence-corrected chi connectivity index (χ1v) is 6.17. The fourth-order valence-corrected chi connectivity index (χ4v) is 2.43. The Morgan fingerprint density at radius 3 is 2.81 bits per heavy atom. The molecule has 3 heteroatoms. The zero-order valence-electron chi connectivity index (χ0n) is 9.27. The summed E-state index contributed by atoms with van der Waals surface area (Å²) in [4.78, 5) is 2.44. The van der Waals surface area contributed by atoms with E-state index in [1.807, 2.05) is 19.1 Å². The molecule has 2 rings (SSSR count). The standard InChI is InChI=1S/C13H15NOS/c1-2-15-11-5-3-4-10(8-11)13-7-6-12(9-14)16-13/h3-8H,2,9,14H2,1H3. The van der Waals surface area contributed by atoms with Gasteiger partial charge in [-0.25, -0.2) is 0 Å². The normalized spacial score (nSPS) is 10.4. The van der Waals surface area contributed by atoms with Gasteiger partial charge in [-0.2, -0.15) is 0 Å². The van der Waals surface area contributed by atoms with Gasteiger partial charge >= 0.3 is 0 Å². The molecule has 0 saturated carbocycles. The van der Waals surface area contributed by atoms with Crippen LogP contribution in [0.1, 0.15) is 11.8 Å². The molecule has 0 fully saturated rings. The van der Waals surface area contributed by atoms with Crippen LogP contribution in [0.3, 0.4) is 0 Å². The summed E-state index contributed by atoms with van der Waals surface area (Å²) in [6, 6.07) is 12.3. The predicted molar refractivity (Wildman–Crippen MR) is 68.8 cm³/mol. The minimum atomic E-state index is 0.607. The van der Waals surface area contributed by atoms with E-state index in [9.17, 15) is 0 Å². The number of hydrogen-bond donors (Lipinski definition) is 1. The summed E-state index contributed by atoms with van der Waals surface area (Å²) in [5.74, 6) is 0.919. The van der Waals surface area contributed by atoms with Gasteiger partial charge in [0, 0.05) is 16.3 Å². The molecule has 16 heavy (non-hydrogen) atoms. The van der Waals surface area contributed by atoms with E-state index in [1.54, 1.807) is 11.3 Å². The van der Waals surface area contributed by atoms with Crippen molar-refractivity contribution >= 4 is 11.3 Å². The van der Waals surface area contributed by atoms with E-state index < -0.39 is 0 Å². The third-order valence-electron chi connectivity index (χ3n) is 2.29. The van der Waals surface area contributed by atoms with Crippen molar-refractivity contribution in [3.63, 3.8) is 0 Å². The van der Waals surface area contributed by atoms with Crippen LogP contribution in [-0.4, -0.2) is 6.61 Å². The highest BCUT2D eigenvalue weighted by atomic mass is 32.1. The van der Waals surface area contributed by atoms with Crippen molar-refractivity contribution < 1.29 is 4.74 Å². The molecular weight excluding hydrogens is 218 g/mol. The minimum absolute atomic E-state index is 0.607. The SMILES string of the molecule is CCOc1cccc(-c2ccc(CN)s2)c1. The summed E-state index contributed by atoms with van der Waals surface area (Å²) in [5, 5.41) is 0. The van der Waals surface area contributed by atoms with Gasteiger partial charge in [0.05, 0.1) is 6.61 Å². The second-order valence-electron chi connectivity index (χ2n) is 3.43. The Bertz CT molecular complexity index is 464. The lowest BCUT2D eigenvalue weighted by Crippen LogP contribution is -1.91. The molecular formula is C13H15NOS. The minimum Gasteiger partial charge on any atom is -0.494 e. The van der Waals surface area contributed by atoms with Crippen molar-refractivity contribution in [3.8, 4) is 16.2 Å². The second kappa shape index (κ2) is 5.14. The van der Waals surface area contributed by atoms with E-state index in [4.69, 9.17) is 10.5 Å². The maximum absolute atomic E-state index is 5.60. The van der Waals surface area contributed by atoms with E-state index in [0.717, 1.165) is 5.75 Å². The molecule has 84 valence electrons. The molecule has 0 aliphatic carbocycles. The third kappa shape index (κ3) is 2.43. The van der Waals surface area contributed by atoms with E-state index in [0.29, 0.717) is 13.2 Å². The first-order valence-electron chi connectivity index (χ1n) is 5.35. The number of thiophene rings is 1. The molecule has 0 unspecified atom stereocenters. The molecule has 0 amide bonds.